The molecule has 0 saturated carbocycles. The van der Waals surface area contributed by atoms with Crippen LogP contribution in [0.2, 0.25) is 0 Å². The third-order valence-electron chi connectivity index (χ3n) is 2.25. The van der Waals surface area contributed by atoms with E-state index in [-0.39, 0.29) is 18.4 Å². The fourth-order valence-electron chi connectivity index (χ4n) is 1.19. The molecule has 0 aliphatic rings. The highest BCUT2D eigenvalue weighted by Gasteiger charge is 2.22. The first kappa shape index (κ1) is 17.8. The molecule has 0 radical (unpaired) electrons. The third kappa shape index (κ3) is 9.77. The minimum absolute atomic E-state index is 0.00158. The topological polar surface area (TPSA) is 124 Å². The number of hydrogen-bond donors (Lipinski definition) is 2. The van der Waals surface area contributed by atoms with E-state index in [1.54, 1.807) is 0 Å². The molecule has 0 amide bonds. The molecule has 0 saturated heterocycles. The van der Waals surface area contributed by atoms with Gasteiger partial charge in [0.05, 0.1) is 18.1 Å². The van der Waals surface area contributed by atoms with Gasteiger partial charge in [0.25, 0.3) is 20.2 Å². The average molecular weight is 303 g/mol. The summed E-state index contributed by atoms with van der Waals surface area (Å²) in [5.41, 5.74) is 5.03. The van der Waals surface area contributed by atoms with Crippen molar-refractivity contribution >= 4 is 20.2 Å². The maximum absolute atomic E-state index is 11.4. The van der Waals surface area contributed by atoms with Crippen molar-refractivity contribution in [1.82, 2.24) is 0 Å². The summed E-state index contributed by atoms with van der Waals surface area (Å²) in [5, 5.41) is 0. The van der Waals surface area contributed by atoms with Crippen LogP contribution in [0.3, 0.4) is 0 Å². The molecule has 0 rings (SSSR count). The van der Waals surface area contributed by atoms with E-state index in [1.165, 1.54) is 0 Å². The second-order valence-electron chi connectivity index (χ2n) is 4.87. The van der Waals surface area contributed by atoms with Crippen LogP contribution >= 0.6 is 0 Å². The Bertz CT molecular complexity index is 440. The van der Waals surface area contributed by atoms with Crippen LogP contribution in [-0.2, 0) is 24.4 Å². The van der Waals surface area contributed by atoms with Gasteiger partial charge in [-0.3, -0.25) is 8.74 Å². The lowest BCUT2D eigenvalue weighted by Gasteiger charge is -2.22. The average Bonchev–Trinajstić information content (AvgIpc) is 2.13. The van der Waals surface area contributed by atoms with E-state index < -0.39 is 31.7 Å². The molecule has 18 heavy (non-hydrogen) atoms. The van der Waals surface area contributed by atoms with E-state index in [2.05, 4.69) is 0 Å². The van der Waals surface area contributed by atoms with E-state index >= 15 is 0 Å². The molecule has 0 aromatic carbocycles. The maximum Gasteiger partial charge on any atom is 0.267 e. The Hall–Kier alpha value is -0.220. The Balaban J connectivity index is 4.17. The van der Waals surface area contributed by atoms with Crippen LogP contribution in [0.5, 0.6) is 0 Å². The monoisotopic (exact) mass is 303 g/mol. The number of hydrogen-bond acceptors (Lipinski definition) is 6. The third-order valence-corrected chi connectivity index (χ3v) is 4.32. The van der Waals surface area contributed by atoms with E-state index in [9.17, 15) is 16.8 Å². The first-order valence-electron chi connectivity index (χ1n) is 5.50. The zero-order valence-electron chi connectivity index (χ0n) is 10.6. The standard InChI is InChI=1S/C9H21NO6S2/c1-9(2,4-5-10)8-16-18(14,15)7-3-6-17(11,12)13/h3-8,10H2,1-2H3,(H,11,12,13). The summed E-state index contributed by atoms with van der Waals surface area (Å²) in [5.74, 6) is -1.03. The molecule has 9 heteroatoms. The van der Waals surface area contributed by atoms with Crippen LogP contribution in [0.25, 0.3) is 0 Å². The fourth-order valence-corrected chi connectivity index (χ4v) is 3.00. The Morgan fingerprint density at radius 1 is 1.17 bits per heavy atom. The smallest absolute Gasteiger partial charge is 0.267 e. The summed E-state index contributed by atoms with van der Waals surface area (Å²) in [7, 11) is -7.91. The molecule has 0 heterocycles. The van der Waals surface area contributed by atoms with Gasteiger partial charge in [-0.1, -0.05) is 13.8 Å². The minimum atomic E-state index is -4.14. The molecule has 0 bridgehead atoms. The predicted octanol–water partition coefficient (Wildman–Crippen LogP) is -0.0143. The molecule has 0 aliphatic carbocycles. The normalized spacial score (nSPS) is 13.8. The molecule has 0 unspecified atom stereocenters. The van der Waals surface area contributed by atoms with Crippen LogP contribution in [0.4, 0.5) is 0 Å². The summed E-state index contributed by atoms with van der Waals surface area (Å²) in [6.07, 6.45) is 0.423. The molecule has 0 aromatic heterocycles. The molecule has 0 atom stereocenters. The van der Waals surface area contributed by atoms with Gasteiger partial charge >= 0.3 is 0 Å². The number of nitrogens with two attached hydrogens (primary N) is 1. The highest BCUT2D eigenvalue weighted by Crippen LogP contribution is 2.20. The summed E-state index contributed by atoms with van der Waals surface area (Å²) < 4.78 is 57.0. The molecule has 0 spiro atoms. The van der Waals surface area contributed by atoms with Crippen LogP contribution < -0.4 is 5.73 Å². The van der Waals surface area contributed by atoms with Gasteiger partial charge in [-0.2, -0.15) is 16.8 Å². The minimum Gasteiger partial charge on any atom is -0.330 e. The van der Waals surface area contributed by atoms with Gasteiger partial charge in [-0.15, -0.1) is 0 Å². The van der Waals surface area contributed by atoms with Crippen molar-refractivity contribution in [1.29, 1.82) is 0 Å². The summed E-state index contributed by atoms with van der Waals surface area (Å²) in [4.78, 5) is 0. The molecule has 110 valence electrons. The molecule has 0 aromatic rings. The predicted molar refractivity (Wildman–Crippen MR) is 68.2 cm³/mol. The first-order chi connectivity index (χ1) is 7.97. The maximum atomic E-state index is 11.4. The van der Waals surface area contributed by atoms with Crippen LogP contribution in [0.1, 0.15) is 26.7 Å². The summed E-state index contributed by atoms with van der Waals surface area (Å²) in [6, 6.07) is 0. The van der Waals surface area contributed by atoms with Crippen molar-refractivity contribution in [2.45, 2.75) is 26.7 Å². The Labute approximate surface area is 109 Å². The van der Waals surface area contributed by atoms with Gasteiger partial charge in [0.1, 0.15) is 0 Å². The second-order valence-corrected chi connectivity index (χ2v) is 8.20. The highest BCUT2D eigenvalue weighted by molar-refractivity contribution is 7.87. The highest BCUT2D eigenvalue weighted by atomic mass is 32.2. The SMILES string of the molecule is CC(C)(CCN)COS(=O)(=O)CCCS(=O)(=O)O. The lowest BCUT2D eigenvalue weighted by molar-refractivity contribution is 0.177. The Morgan fingerprint density at radius 3 is 2.17 bits per heavy atom. The van der Waals surface area contributed by atoms with Crippen molar-refractivity contribution < 1.29 is 25.6 Å². The van der Waals surface area contributed by atoms with Gasteiger partial charge < -0.3 is 5.73 Å². The van der Waals surface area contributed by atoms with Gasteiger partial charge in [0.15, 0.2) is 0 Å². The van der Waals surface area contributed by atoms with Crippen LogP contribution in [0.15, 0.2) is 0 Å². The van der Waals surface area contributed by atoms with Crippen molar-refractivity contribution in [2.24, 2.45) is 11.1 Å². The summed E-state index contributed by atoms with van der Waals surface area (Å²) >= 11 is 0. The van der Waals surface area contributed by atoms with E-state index in [4.69, 9.17) is 14.5 Å². The van der Waals surface area contributed by atoms with Crippen molar-refractivity contribution in [3.05, 3.63) is 0 Å². The molecule has 0 fully saturated rings. The fraction of sp³-hybridized carbons (Fsp3) is 1.00. The molecule has 3 N–H and O–H groups in total. The number of rotatable bonds is 9. The molecular weight excluding hydrogens is 282 g/mol. The zero-order chi connectivity index (χ0) is 14.4. The van der Waals surface area contributed by atoms with Gasteiger partial charge in [-0.05, 0) is 24.8 Å². The van der Waals surface area contributed by atoms with E-state index in [1.807, 2.05) is 13.8 Å². The quantitative estimate of drug-likeness (QED) is 0.453. The summed E-state index contributed by atoms with van der Waals surface area (Å²) in [6.45, 7) is 4.08. The van der Waals surface area contributed by atoms with Gasteiger partial charge in [-0.25, -0.2) is 0 Å². The van der Waals surface area contributed by atoms with E-state index in [0.29, 0.717) is 13.0 Å². The first-order valence-corrected chi connectivity index (χ1v) is 8.68. The molecular formula is C9H21NO6S2. The zero-order valence-corrected chi connectivity index (χ0v) is 12.3. The molecule has 0 aliphatic heterocycles. The van der Waals surface area contributed by atoms with Crippen LogP contribution in [-0.4, -0.2) is 46.0 Å². The Morgan fingerprint density at radius 2 is 1.72 bits per heavy atom. The van der Waals surface area contributed by atoms with Gasteiger partial charge in [0.2, 0.25) is 0 Å². The van der Waals surface area contributed by atoms with Gasteiger partial charge in [0, 0.05) is 0 Å². The largest absolute Gasteiger partial charge is 0.330 e. The Kier molecular flexibility index (Phi) is 6.72. The second kappa shape index (κ2) is 6.80. The van der Waals surface area contributed by atoms with Crippen molar-refractivity contribution in [3.8, 4) is 0 Å². The van der Waals surface area contributed by atoms with E-state index in [0.717, 1.165) is 0 Å². The lowest BCUT2D eigenvalue weighted by atomic mass is 9.91. The lowest BCUT2D eigenvalue weighted by Crippen LogP contribution is -2.26. The molecule has 7 nitrogen and oxygen atoms in total. The van der Waals surface area contributed by atoms with Crippen LogP contribution in [0, 0.1) is 5.41 Å². The van der Waals surface area contributed by atoms with Crippen molar-refractivity contribution in [3.63, 3.8) is 0 Å². The van der Waals surface area contributed by atoms with Crippen molar-refractivity contribution in [2.75, 3.05) is 24.7 Å².